The van der Waals surface area contributed by atoms with Gasteiger partial charge in [-0.1, -0.05) is 25.7 Å². The zero-order valence-electron chi connectivity index (χ0n) is 9.28. The van der Waals surface area contributed by atoms with Crippen LogP contribution in [-0.4, -0.2) is 16.0 Å². The van der Waals surface area contributed by atoms with Gasteiger partial charge in [0.05, 0.1) is 6.04 Å². The van der Waals surface area contributed by atoms with E-state index in [-0.39, 0.29) is 0 Å². The molecular formula is C11H19N3S. The molecule has 0 aliphatic heterocycles. The minimum Gasteiger partial charge on any atom is -0.384 e. The summed E-state index contributed by atoms with van der Waals surface area (Å²) in [6, 6.07) is 2.52. The van der Waals surface area contributed by atoms with Crippen LogP contribution in [0.5, 0.6) is 0 Å². The van der Waals surface area contributed by atoms with E-state index < -0.39 is 0 Å². The molecule has 4 heteroatoms. The molecule has 0 bridgehead atoms. The van der Waals surface area contributed by atoms with Gasteiger partial charge in [0.2, 0.25) is 0 Å². The van der Waals surface area contributed by atoms with Crippen molar-refractivity contribution in [2.75, 3.05) is 12.0 Å². The Bertz CT molecular complexity index is 314. The summed E-state index contributed by atoms with van der Waals surface area (Å²) in [7, 11) is 0. The number of nitrogens with zero attached hydrogens (tertiary/aromatic N) is 2. The average Bonchev–Trinajstić information content (AvgIpc) is 2.48. The van der Waals surface area contributed by atoms with Gasteiger partial charge >= 0.3 is 0 Å². The largest absolute Gasteiger partial charge is 0.384 e. The molecule has 15 heavy (non-hydrogen) atoms. The molecule has 1 aliphatic rings. The number of nitrogens with two attached hydrogens (primary N) is 1. The first-order valence-corrected chi connectivity index (χ1v) is 6.93. The zero-order chi connectivity index (χ0) is 10.7. The van der Waals surface area contributed by atoms with Crippen LogP contribution in [-0.2, 0) is 0 Å². The standard InChI is InChI=1S/C11H19N3S/c1-15-11-8-10(12)14(13-11)9-6-4-2-3-5-7-9/h8-9H,2-7,12H2,1H3. The molecule has 1 aromatic rings. The third-order valence-electron chi connectivity index (χ3n) is 3.12. The number of rotatable bonds is 2. The highest BCUT2D eigenvalue weighted by atomic mass is 32.2. The summed E-state index contributed by atoms with van der Waals surface area (Å²) in [6.45, 7) is 0. The summed E-state index contributed by atoms with van der Waals surface area (Å²) in [5, 5.41) is 5.59. The lowest BCUT2D eigenvalue weighted by Gasteiger charge is -2.15. The van der Waals surface area contributed by atoms with Gasteiger partial charge in [-0.2, -0.15) is 5.10 Å². The molecule has 0 amide bonds. The third-order valence-corrected chi connectivity index (χ3v) is 3.74. The molecule has 0 spiro atoms. The molecule has 1 aliphatic carbocycles. The highest BCUT2D eigenvalue weighted by Gasteiger charge is 2.17. The Hall–Kier alpha value is -0.640. The van der Waals surface area contributed by atoms with Gasteiger partial charge in [-0.05, 0) is 19.1 Å². The van der Waals surface area contributed by atoms with Gasteiger partial charge in [0.15, 0.2) is 0 Å². The lowest BCUT2D eigenvalue weighted by atomic mass is 10.1. The number of aromatic nitrogens is 2. The van der Waals surface area contributed by atoms with E-state index >= 15 is 0 Å². The Labute approximate surface area is 95.4 Å². The predicted molar refractivity (Wildman–Crippen MR) is 65.2 cm³/mol. The fraction of sp³-hybridized carbons (Fsp3) is 0.727. The summed E-state index contributed by atoms with van der Waals surface area (Å²) in [6.07, 6.45) is 9.88. The highest BCUT2D eigenvalue weighted by molar-refractivity contribution is 7.98. The number of nitrogen functional groups attached to an aromatic ring is 1. The summed E-state index contributed by atoms with van der Waals surface area (Å²) in [5.74, 6) is 0.825. The van der Waals surface area contributed by atoms with E-state index in [1.807, 2.05) is 17.0 Å². The van der Waals surface area contributed by atoms with E-state index in [4.69, 9.17) is 5.73 Å². The van der Waals surface area contributed by atoms with Gasteiger partial charge in [-0.15, -0.1) is 11.8 Å². The SMILES string of the molecule is CSc1cc(N)n(C2CCCCCC2)n1. The van der Waals surface area contributed by atoms with E-state index in [2.05, 4.69) is 5.10 Å². The lowest BCUT2D eigenvalue weighted by molar-refractivity contribution is 0.406. The highest BCUT2D eigenvalue weighted by Crippen LogP contribution is 2.30. The smallest absolute Gasteiger partial charge is 0.123 e. The van der Waals surface area contributed by atoms with Crippen molar-refractivity contribution < 1.29 is 0 Å². The van der Waals surface area contributed by atoms with E-state index in [1.165, 1.54) is 38.5 Å². The molecule has 1 saturated carbocycles. The van der Waals surface area contributed by atoms with Crippen LogP contribution < -0.4 is 5.73 Å². The van der Waals surface area contributed by atoms with Crippen LogP contribution >= 0.6 is 11.8 Å². The molecule has 0 saturated heterocycles. The lowest BCUT2D eigenvalue weighted by Crippen LogP contribution is -2.12. The van der Waals surface area contributed by atoms with Crippen molar-refractivity contribution in [3.05, 3.63) is 6.07 Å². The second-order valence-corrected chi connectivity index (χ2v) is 5.03. The maximum Gasteiger partial charge on any atom is 0.123 e. The van der Waals surface area contributed by atoms with Crippen LogP contribution in [0.1, 0.15) is 44.6 Å². The van der Waals surface area contributed by atoms with Crippen molar-refractivity contribution >= 4 is 17.6 Å². The van der Waals surface area contributed by atoms with Crippen LogP contribution in [0, 0.1) is 0 Å². The van der Waals surface area contributed by atoms with Crippen molar-refractivity contribution in [2.45, 2.75) is 49.6 Å². The number of hydrogen-bond acceptors (Lipinski definition) is 3. The van der Waals surface area contributed by atoms with E-state index in [1.54, 1.807) is 11.8 Å². The average molecular weight is 225 g/mol. The Kier molecular flexibility index (Phi) is 3.57. The van der Waals surface area contributed by atoms with E-state index in [0.717, 1.165) is 10.8 Å². The molecule has 1 heterocycles. The number of thioether (sulfide) groups is 1. The maximum absolute atomic E-state index is 5.99. The Morgan fingerprint density at radius 3 is 2.53 bits per heavy atom. The van der Waals surface area contributed by atoms with E-state index in [9.17, 15) is 0 Å². The van der Waals surface area contributed by atoms with Crippen LogP contribution in [0.2, 0.25) is 0 Å². The van der Waals surface area contributed by atoms with Gasteiger partial charge in [-0.3, -0.25) is 0 Å². The first kappa shape index (κ1) is 10.9. The molecular weight excluding hydrogens is 206 g/mol. The summed E-state index contributed by atoms with van der Waals surface area (Å²) in [5.41, 5.74) is 5.99. The minimum atomic E-state index is 0.536. The molecule has 84 valence electrons. The maximum atomic E-state index is 5.99. The van der Waals surface area contributed by atoms with Crippen molar-refractivity contribution in [1.82, 2.24) is 9.78 Å². The molecule has 2 N–H and O–H groups in total. The molecule has 3 nitrogen and oxygen atoms in total. The summed E-state index contributed by atoms with van der Waals surface area (Å²) >= 11 is 1.66. The van der Waals surface area contributed by atoms with Crippen LogP contribution in [0.25, 0.3) is 0 Å². The number of hydrogen-bond donors (Lipinski definition) is 1. The normalized spacial score (nSPS) is 19.0. The molecule has 2 rings (SSSR count). The quantitative estimate of drug-likeness (QED) is 0.621. The molecule has 0 aromatic carbocycles. The van der Waals surface area contributed by atoms with E-state index in [0.29, 0.717) is 6.04 Å². The van der Waals surface area contributed by atoms with Crippen LogP contribution in [0.3, 0.4) is 0 Å². The molecule has 0 radical (unpaired) electrons. The first-order valence-electron chi connectivity index (χ1n) is 5.70. The Balaban J connectivity index is 2.15. The fourth-order valence-corrected chi connectivity index (χ4v) is 2.69. The van der Waals surface area contributed by atoms with Gasteiger partial charge in [0.1, 0.15) is 10.8 Å². The molecule has 0 unspecified atom stereocenters. The molecule has 1 aromatic heterocycles. The van der Waals surface area contributed by atoms with Crippen molar-refractivity contribution in [3.8, 4) is 0 Å². The first-order chi connectivity index (χ1) is 7.31. The van der Waals surface area contributed by atoms with Gasteiger partial charge < -0.3 is 5.73 Å². The zero-order valence-corrected chi connectivity index (χ0v) is 10.1. The van der Waals surface area contributed by atoms with Gasteiger partial charge in [0.25, 0.3) is 0 Å². The van der Waals surface area contributed by atoms with Gasteiger partial charge in [0, 0.05) is 6.07 Å². The van der Waals surface area contributed by atoms with Crippen molar-refractivity contribution in [3.63, 3.8) is 0 Å². The minimum absolute atomic E-state index is 0.536. The predicted octanol–water partition coefficient (Wildman–Crippen LogP) is 3.08. The molecule has 0 atom stereocenters. The monoisotopic (exact) mass is 225 g/mol. The van der Waals surface area contributed by atoms with Crippen molar-refractivity contribution in [1.29, 1.82) is 0 Å². The van der Waals surface area contributed by atoms with Crippen LogP contribution in [0.4, 0.5) is 5.82 Å². The van der Waals surface area contributed by atoms with Crippen LogP contribution in [0.15, 0.2) is 11.1 Å². The third kappa shape index (κ3) is 2.48. The summed E-state index contributed by atoms with van der Waals surface area (Å²) < 4.78 is 2.04. The van der Waals surface area contributed by atoms with Gasteiger partial charge in [-0.25, -0.2) is 4.68 Å². The second kappa shape index (κ2) is 4.92. The molecule has 1 fully saturated rings. The number of anilines is 1. The fourth-order valence-electron chi connectivity index (χ4n) is 2.28. The topological polar surface area (TPSA) is 43.8 Å². The Morgan fingerprint density at radius 2 is 2.00 bits per heavy atom. The summed E-state index contributed by atoms with van der Waals surface area (Å²) in [4.78, 5) is 0. The van der Waals surface area contributed by atoms with Crippen molar-refractivity contribution in [2.24, 2.45) is 0 Å². The second-order valence-electron chi connectivity index (χ2n) is 4.20. The Morgan fingerprint density at radius 1 is 1.33 bits per heavy atom.